The minimum atomic E-state index is -0.874. The van der Waals surface area contributed by atoms with Gasteiger partial charge in [-0.1, -0.05) is 54.6 Å². The van der Waals surface area contributed by atoms with Gasteiger partial charge in [-0.25, -0.2) is 14.8 Å². The van der Waals surface area contributed by atoms with Crippen molar-refractivity contribution in [2.24, 2.45) is 0 Å². The largest absolute Gasteiger partial charge is 0.508 e. The number of benzene rings is 3. The van der Waals surface area contributed by atoms with E-state index in [2.05, 4.69) is 11.9 Å². The number of hydrazine groups is 1. The van der Waals surface area contributed by atoms with Crippen molar-refractivity contribution in [1.29, 1.82) is 0 Å². The Morgan fingerprint density at radius 1 is 0.977 bits per heavy atom. The second kappa shape index (κ2) is 13.5. The van der Waals surface area contributed by atoms with Crippen LogP contribution < -0.4 is 14.8 Å². The van der Waals surface area contributed by atoms with Crippen molar-refractivity contribution in [2.75, 3.05) is 33.9 Å². The maximum Gasteiger partial charge on any atom is 0.334 e. The number of carbonyl (C=O) groups excluding carboxylic acids is 3. The number of phenols is 1. The Hall–Kier alpha value is -5.03. The average molecular weight is 600 g/mol. The lowest BCUT2D eigenvalue weighted by Crippen LogP contribution is -2.76. The van der Waals surface area contributed by atoms with Gasteiger partial charge in [-0.05, 0) is 41.0 Å². The van der Waals surface area contributed by atoms with Crippen molar-refractivity contribution in [1.82, 2.24) is 25.1 Å². The number of amides is 4. The van der Waals surface area contributed by atoms with Gasteiger partial charge in [0.15, 0.2) is 11.5 Å². The smallest absolute Gasteiger partial charge is 0.334 e. The first-order chi connectivity index (χ1) is 21.3. The first-order valence-corrected chi connectivity index (χ1v) is 14.4. The number of fused-ring (bicyclic) bond motifs is 1. The lowest BCUT2D eigenvalue weighted by molar-refractivity contribution is -0.189. The number of hydrogen-bond donors (Lipinski definition) is 2. The Balaban J connectivity index is 1.50. The molecule has 4 amide bonds. The monoisotopic (exact) mass is 599 g/mol. The number of carbonyl (C=O) groups is 3. The van der Waals surface area contributed by atoms with Gasteiger partial charge in [0, 0.05) is 26.1 Å². The zero-order chi connectivity index (χ0) is 31.2. The second-order valence-corrected chi connectivity index (χ2v) is 10.7. The van der Waals surface area contributed by atoms with E-state index in [4.69, 9.17) is 9.47 Å². The standard InChI is InChI=1S/C33H37N5O6/c1-4-16-36-22-31(40)37-27(17-23-10-13-26(39)14-11-23)32(41)35(20-25-12-15-28(43-2)29(18-25)44-3)21-30(37)38(36)33(42)34-19-24-8-6-5-7-9-24/h4-15,18,27,30,39H,1,16-17,19-22H2,2-3H3,(H,34,42)/t27-,30-/m0/s1. The zero-order valence-electron chi connectivity index (χ0n) is 24.9. The number of hydrogen-bond acceptors (Lipinski definition) is 7. The number of ether oxygens (including phenoxy) is 2. The molecule has 0 radical (unpaired) electrons. The quantitative estimate of drug-likeness (QED) is 0.344. The molecule has 230 valence electrons. The van der Waals surface area contributed by atoms with Crippen molar-refractivity contribution >= 4 is 17.8 Å². The molecule has 2 heterocycles. The summed E-state index contributed by atoms with van der Waals surface area (Å²) in [7, 11) is 3.10. The normalized spacial score (nSPS) is 18.5. The molecule has 0 unspecified atom stereocenters. The summed E-state index contributed by atoms with van der Waals surface area (Å²) in [5.41, 5.74) is 2.51. The van der Waals surface area contributed by atoms with E-state index < -0.39 is 12.2 Å². The molecule has 11 heteroatoms. The Kier molecular flexibility index (Phi) is 9.35. The molecule has 3 aromatic carbocycles. The maximum absolute atomic E-state index is 14.2. The topological polar surface area (TPSA) is 115 Å². The molecule has 11 nitrogen and oxygen atoms in total. The minimum Gasteiger partial charge on any atom is -0.508 e. The van der Waals surface area contributed by atoms with E-state index in [0.717, 1.165) is 16.7 Å². The SMILES string of the molecule is C=CCN1CC(=O)N2[C@@H](Cc3ccc(O)cc3)C(=O)N(Cc3ccc(OC)c(OC)c3)C[C@@H]2N1C(=O)NCc1ccccc1. The Labute approximate surface area is 256 Å². The molecule has 2 aliphatic heterocycles. The van der Waals surface area contributed by atoms with E-state index in [-0.39, 0.29) is 56.2 Å². The predicted octanol–water partition coefficient (Wildman–Crippen LogP) is 3.15. The van der Waals surface area contributed by atoms with Crippen molar-refractivity contribution in [3.05, 3.63) is 102 Å². The van der Waals surface area contributed by atoms with E-state index in [1.54, 1.807) is 70.4 Å². The number of phenolic OH excluding ortho intramolecular Hbond substituents is 1. The second-order valence-electron chi connectivity index (χ2n) is 10.7. The maximum atomic E-state index is 14.2. The van der Waals surface area contributed by atoms with Crippen molar-refractivity contribution in [2.45, 2.75) is 31.7 Å². The van der Waals surface area contributed by atoms with Crippen LogP contribution in [0.5, 0.6) is 17.2 Å². The fourth-order valence-corrected chi connectivity index (χ4v) is 5.75. The molecule has 0 saturated carbocycles. The number of rotatable bonds is 10. The van der Waals surface area contributed by atoms with Gasteiger partial charge in [0.25, 0.3) is 0 Å². The highest BCUT2D eigenvalue weighted by atomic mass is 16.5. The van der Waals surface area contributed by atoms with E-state index in [0.29, 0.717) is 18.0 Å². The highest BCUT2D eigenvalue weighted by Gasteiger charge is 2.51. The summed E-state index contributed by atoms with van der Waals surface area (Å²) < 4.78 is 10.9. The van der Waals surface area contributed by atoms with Gasteiger partial charge in [-0.2, -0.15) is 0 Å². The van der Waals surface area contributed by atoms with Gasteiger partial charge in [0.2, 0.25) is 11.8 Å². The van der Waals surface area contributed by atoms with Crippen LogP contribution in [0.15, 0.2) is 85.5 Å². The van der Waals surface area contributed by atoms with E-state index in [9.17, 15) is 19.5 Å². The number of aromatic hydroxyl groups is 1. The van der Waals surface area contributed by atoms with Gasteiger partial charge in [0.1, 0.15) is 18.0 Å². The summed E-state index contributed by atoms with van der Waals surface area (Å²) >= 11 is 0. The van der Waals surface area contributed by atoms with Gasteiger partial charge in [-0.15, -0.1) is 6.58 Å². The van der Waals surface area contributed by atoms with Crippen molar-refractivity contribution in [3.63, 3.8) is 0 Å². The van der Waals surface area contributed by atoms with Crippen LogP contribution in [0.3, 0.4) is 0 Å². The van der Waals surface area contributed by atoms with Gasteiger partial charge in [0.05, 0.1) is 27.3 Å². The summed E-state index contributed by atoms with van der Waals surface area (Å²) in [6, 6.07) is 20.3. The van der Waals surface area contributed by atoms with Crippen LogP contribution in [0.25, 0.3) is 0 Å². The van der Waals surface area contributed by atoms with Crippen molar-refractivity contribution in [3.8, 4) is 17.2 Å². The van der Waals surface area contributed by atoms with Gasteiger partial charge < -0.3 is 29.7 Å². The lowest BCUT2D eigenvalue weighted by atomic mass is 9.98. The molecule has 2 saturated heterocycles. The molecule has 3 aromatic rings. The number of piperazine rings is 1. The van der Waals surface area contributed by atoms with Crippen LogP contribution in [0.2, 0.25) is 0 Å². The lowest BCUT2D eigenvalue weighted by Gasteiger charge is -2.55. The number of nitrogens with zero attached hydrogens (tertiary/aromatic N) is 4. The third kappa shape index (κ3) is 6.47. The molecule has 0 aromatic heterocycles. The van der Waals surface area contributed by atoms with Crippen LogP contribution in [-0.2, 0) is 29.1 Å². The summed E-state index contributed by atoms with van der Waals surface area (Å²) in [4.78, 5) is 45.0. The molecular formula is C33H37N5O6. The van der Waals surface area contributed by atoms with Gasteiger partial charge >= 0.3 is 6.03 Å². The number of nitrogens with one attached hydrogen (secondary N) is 1. The highest BCUT2D eigenvalue weighted by Crippen LogP contribution is 2.32. The van der Waals surface area contributed by atoms with E-state index >= 15 is 0 Å². The first kappa shape index (κ1) is 30.4. The predicted molar refractivity (Wildman–Crippen MR) is 163 cm³/mol. The minimum absolute atomic E-state index is 0.0870. The molecule has 5 rings (SSSR count). The number of urea groups is 1. The number of methoxy groups -OCH3 is 2. The summed E-state index contributed by atoms with van der Waals surface area (Å²) in [6.07, 6.45) is 1.08. The summed E-state index contributed by atoms with van der Waals surface area (Å²) in [6.45, 7) is 4.63. The molecule has 2 N–H and O–H groups in total. The third-order valence-corrected chi connectivity index (χ3v) is 7.85. The molecular weight excluding hydrogens is 562 g/mol. The van der Waals surface area contributed by atoms with Crippen LogP contribution in [0, 0.1) is 0 Å². The average Bonchev–Trinajstić information content (AvgIpc) is 3.03. The Bertz CT molecular complexity index is 1500. The third-order valence-electron chi connectivity index (χ3n) is 7.85. The van der Waals surface area contributed by atoms with Crippen molar-refractivity contribution < 1.29 is 29.0 Å². The Morgan fingerprint density at radius 2 is 1.68 bits per heavy atom. The Morgan fingerprint density at radius 3 is 2.36 bits per heavy atom. The molecule has 0 aliphatic carbocycles. The molecule has 44 heavy (non-hydrogen) atoms. The zero-order valence-corrected chi connectivity index (χ0v) is 24.9. The molecule has 2 atom stereocenters. The van der Waals surface area contributed by atoms with Gasteiger partial charge in [-0.3, -0.25) is 9.59 Å². The van der Waals surface area contributed by atoms with Crippen LogP contribution in [-0.4, -0.2) is 88.8 Å². The molecule has 0 bridgehead atoms. The van der Waals surface area contributed by atoms with Crippen LogP contribution in [0.1, 0.15) is 16.7 Å². The molecule has 0 spiro atoms. The van der Waals surface area contributed by atoms with E-state index in [1.165, 1.54) is 0 Å². The highest BCUT2D eigenvalue weighted by molar-refractivity contribution is 5.91. The van der Waals surface area contributed by atoms with Crippen LogP contribution >= 0.6 is 0 Å². The van der Waals surface area contributed by atoms with Crippen LogP contribution in [0.4, 0.5) is 4.79 Å². The summed E-state index contributed by atoms with van der Waals surface area (Å²) in [5.74, 6) is 0.707. The first-order valence-electron chi connectivity index (χ1n) is 14.4. The fraction of sp³-hybridized carbons (Fsp3) is 0.303. The summed E-state index contributed by atoms with van der Waals surface area (Å²) in [5, 5.41) is 16.0. The molecule has 2 fully saturated rings. The fourth-order valence-electron chi connectivity index (χ4n) is 5.75. The molecule has 2 aliphatic rings. The van der Waals surface area contributed by atoms with E-state index in [1.807, 2.05) is 42.5 Å².